The SMILES string of the molecule is O=C(CNC(c1ccc(F)cc1)c1cccs1)Nc1ccc(S(=O)(=O)N2CCOCC2)cc1. The lowest BCUT2D eigenvalue weighted by atomic mass is 10.1. The first-order valence-electron chi connectivity index (χ1n) is 10.4. The Morgan fingerprint density at radius 1 is 1.06 bits per heavy atom. The van der Waals surface area contributed by atoms with Gasteiger partial charge in [-0.3, -0.25) is 10.1 Å². The molecule has 1 unspecified atom stereocenters. The molecule has 0 bridgehead atoms. The van der Waals surface area contributed by atoms with Crippen molar-refractivity contribution < 1.29 is 22.3 Å². The number of rotatable bonds is 8. The van der Waals surface area contributed by atoms with Crippen LogP contribution >= 0.6 is 11.3 Å². The predicted molar refractivity (Wildman–Crippen MR) is 125 cm³/mol. The zero-order valence-electron chi connectivity index (χ0n) is 17.7. The molecule has 1 aliphatic heterocycles. The summed E-state index contributed by atoms with van der Waals surface area (Å²) in [6.07, 6.45) is 0. The van der Waals surface area contributed by atoms with E-state index in [2.05, 4.69) is 10.6 Å². The molecule has 0 radical (unpaired) electrons. The molecule has 7 nitrogen and oxygen atoms in total. The second kappa shape index (κ2) is 10.5. The Morgan fingerprint density at radius 3 is 2.39 bits per heavy atom. The van der Waals surface area contributed by atoms with E-state index >= 15 is 0 Å². The van der Waals surface area contributed by atoms with Crippen LogP contribution in [-0.2, 0) is 19.6 Å². The van der Waals surface area contributed by atoms with Crippen molar-refractivity contribution in [1.82, 2.24) is 9.62 Å². The number of thiophene rings is 1. The van der Waals surface area contributed by atoms with E-state index in [-0.39, 0.29) is 29.2 Å². The van der Waals surface area contributed by atoms with E-state index in [1.165, 1.54) is 28.6 Å². The minimum absolute atomic E-state index is 0.0216. The van der Waals surface area contributed by atoms with Gasteiger partial charge in [-0.25, -0.2) is 12.8 Å². The Bertz CT molecular complexity index is 1160. The third kappa shape index (κ3) is 5.84. The Labute approximate surface area is 196 Å². The van der Waals surface area contributed by atoms with Crippen LogP contribution in [0.25, 0.3) is 0 Å². The third-order valence-electron chi connectivity index (χ3n) is 5.24. The highest BCUT2D eigenvalue weighted by Gasteiger charge is 2.26. The molecule has 1 fully saturated rings. The first-order valence-corrected chi connectivity index (χ1v) is 12.8. The lowest BCUT2D eigenvalue weighted by Crippen LogP contribution is -2.40. The molecule has 2 aromatic carbocycles. The van der Waals surface area contributed by atoms with Gasteiger partial charge in [0.25, 0.3) is 0 Å². The fraction of sp³-hybridized carbons (Fsp3) is 0.261. The largest absolute Gasteiger partial charge is 0.379 e. The maximum absolute atomic E-state index is 13.3. The molecule has 33 heavy (non-hydrogen) atoms. The van der Waals surface area contributed by atoms with Crippen LogP contribution in [0, 0.1) is 5.82 Å². The van der Waals surface area contributed by atoms with Gasteiger partial charge in [-0.1, -0.05) is 18.2 Å². The smallest absolute Gasteiger partial charge is 0.243 e. The summed E-state index contributed by atoms with van der Waals surface area (Å²) in [5, 5.41) is 7.94. The number of carbonyl (C=O) groups excluding carboxylic acids is 1. The van der Waals surface area contributed by atoms with Crippen LogP contribution in [0.5, 0.6) is 0 Å². The molecule has 1 aliphatic rings. The highest BCUT2D eigenvalue weighted by atomic mass is 32.2. The Balaban J connectivity index is 1.38. The van der Waals surface area contributed by atoms with Crippen LogP contribution in [0.1, 0.15) is 16.5 Å². The molecule has 174 valence electrons. The van der Waals surface area contributed by atoms with Crippen LogP contribution in [0.3, 0.4) is 0 Å². The van der Waals surface area contributed by atoms with Gasteiger partial charge in [0.1, 0.15) is 5.82 Å². The van der Waals surface area contributed by atoms with Crippen molar-refractivity contribution in [3.8, 4) is 0 Å². The van der Waals surface area contributed by atoms with Crippen molar-refractivity contribution >= 4 is 33.0 Å². The van der Waals surface area contributed by atoms with Crippen LogP contribution in [-0.4, -0.2) is 51.5 Å². The first-order chi connectivity index (χ1) is 15.9. The summed E-state index contributed by atoms with van der Waals surface area (Å²) in [6.45, 7) is 1.43. The number of nitrogens with zero attached hydrogens (tertiary/aromatic N) is 1. The van der Waals surface area contributed by atoms with Gasteiger partial charge in [0.15, 0.2) is 0 Å². The topological polar surface area (TPSA) is 87.7 Å². The normalized spacial score (nSPS) is 15.8. The van der Waals surface area contributed by atoms with Crippen molar-refractivity contribution in [1.29, 1.82) is 0 Å². The molecule has 1 aromatic heterocycles. The van der Waals surface area contributed by atoms with E-state index in [0.29, 0.717) is 32.0 Å². The Kier molecular flexibility index (Phi) is 7.51. The minimum Gasteiger partial charge on any atom is -0.379 e. The summed E-state index contributed by atoms with van der Waals surface area (Å²) in [5.74, 6) is -0.594. The van der Waals surface area contributed by atoms with Crippen LogP contribution in [0.4, 0.5) is 10.1 Å². The second-order valence-electron chi connectivity index (χ2n) is 7.47. The van der Waals surface area contributed by atoms with E-state index in [9.17, 15) is 17.6 Å². The zero-order valence-corrected chi connectivity index (χ0v) is 19.4. The average Bonchev–Trinajstić information content (AvgIpc) is 3.36. The van der Waals surface area contributed by atoms with Crippen molar-refractivity contribution in [3.05, 3.63) is 82.3 Å². The van der Waals surface area contributed by atoms with Gasteiger partial charge in [0, 0.05) is 23.7 Å². The van der Waals surface area contributed by atoms with Crippen molar-refractivity contribution in [2.45, 2.75) is 10.9 Å². The summed E-state index contributed by atoms with van der Waals surface area (Å²) >= 11 is 1.54. The van der Waals surface area contributed by atoms with Gasteiger partial charge in [0.2, 0.25) is 15.9 Å². The molecular weight excluding hydrogens is 465 g/mol. The van der Waals surface area contributed by atoms with E-state index < -0.39 is 10.0 Å². The number of sulfonamides is 1. The fourth-order valence-electron chi connectivity index (χ4n) is 3.54. The minimum atomic E-state index is -3.58. The molecule has 0 saturated carbocycles. The molecule has 4 rings (SSSR count). The molecule has 1 amide bonds. The second-order valence-corrected chi connectivity index (χ2v) is 10.4. The molecule has 0 aliphatic carbocycles. The number of hydrogen-bond acceptors (Lipinski definition) is 6. The van der Waals surface area contributed by atoms with Crippen molar-refractivity contribution in [3.63, 3.8) is 0 Å². The number of benzene rings is 2. The van der Waals surface area contributed by atoms with Crippen LogP contribution in [0.15, 0.2) is 70.9 Å². The van der Waals surface area contributed by atoms with E-state index in [1.807, 2.05) is 17.5 Å². The standard InChI is InChI=1S/C23H24FN3O4S2/c24-18-5-3-17(4-6-18)23(21-2-1-15-32-21)25-16-22(28)26-19-7-9-20(10-8-19)33(29,30)27-11-13-31-14-12-27/h1-10,15,23,25H,11-14,16H2,(H,26,28). The van der Waals surface area contributed by atoms with Crippen LogP contribution < -0.4 is 10.6 Å². The Morgan fingerprint density at radius 2 is 1.76 bits per heavy atom. The number of morpholine rings is 1. The summed E-state index contributed by atoms with van der Waals surface area (Å²) < 4.78 is 45.4. The summed E-state index contributed by atoms with van der Waals surface area (Å²) in [6, 6.07) is 15.9. The quantitative estimate of drug-likeness (QED) is 0.507. The van der Waals surface area contributed by atoms with Crippen molar-refractivity contribution in [2.75, 3.05) is 38.2 Å². The van der Waals surface area contributed by atoms with Gasteiger partial charge in [-0.2, -0.15) is 4.31 Å². The highest BCUT2D eigenvalue weighted by Crippen LogP contribution is 2.26. The summed E-state index contributed by atoms with van der Waals surface area (Å²) in [4.78, 5) is 13.7. The molecule has 0 spiro atoms. The molecule has 10 heteroatoms. The van der Waals surface area contributed by atoms with Gasteiger partial charge >= 0.3 is 0 Å². The highest BCUT2D eigenvalue weighted by molar-refractivity contribution is 7.89. The Hall–Kier alpha value is -2.63. The number of nitrogens with one attached hydrogen (secondary N) is 2. The lowest BCUT2D eigenvalue weighted by Gasteiger charge is -2.26. The predicted octanol–water partition coefficient (Wildman–Crippen LogP) is 3.23. The van der Waals surface area contributed by atoms with Gasteiger partial charge < -0.3 is 10.1 Å². The summed E-state index contributed by atoms with van der Waals surface area (Å²) in [5.41, 5.74) is 1.35. The lowest BCUT2D eigenvalue weighted by molar-refractivity contribution is -0.115. The maximum Gasteiger partial charge on any atom is 0.243 e. The van der Waals surface area contributed by atoms with E-state index in [0.717, 1.165) is 10.4 Å². The number of amides is 1. The van der Waals surface area contributed by atoms with E-state index in [4.69, 9.17) is 4.74 Å². The number of carbonyl (C=O) groups is 1. The van der Waals surface area contributed by atoms with Gasteiger partial charge in [-0.05, 0) is 53.4 Å². The molecular formula is C23H24FN3O4S2. The number of anilines is 1. The average molecular weight is 490 g/mol. The molecule has 3 aromatic rings. The van der Waals surface area contributed by atoms with Gasteiger partial charge in [0.05, 0.1) is 30.7 Å². The monoisotopic (exact) mass is 489 g/mol. The molecule has 1 atom stereocenters. The molecule has 2 heterocycles. The molecule has 1 saturated heterocycles. The fourth-order valence-corrected chi connectivity index (χ4v) is 5.77. The van der Waals surface area contributed by atoms with Crippen molar-refractivity contribution in [2.24, 2.45) is 0 Å². The number of ether oxygens (including phenoxy) is 1. The summed E-state index contributed by atoms with van der Waals surface area (Å²) in [7, 11) is -3.58. The third-order valence-corrected chi connectivity index (χ3v) is 8.09. The molecule has 2 N–H and O–H groups in total. The van der Waals surface area contributed by atoms with E-state index in [1.54, 1.807) is 35.6 Å². The maximum atomic E-state index is 13.3. The number of halogens is 1. The van der Waals surface area contributed by atoms with Gasteiger partial charge in [-0.15, -0.1) is 11.3 Å². The van der Waals surface area contributed by atoms with Crippen LogP contribution in [0.2, 0.25) is 0 Å². The zero-order chi connectivity index (χ0) is 23.3. The first kappa shape index (κ1) is 23.5. The number of hydrogen-bond donors (Lipinski definition) is 2.